The van der Waals surface area contributed by atoms with Crippen LogP contribution in [-0.2, 0) is 12.8 Å². The zero-order chi connectivity index (χ0) is 18.5. The van der Waals surface area contributed by atoms with Gasteiger partial charge in [0.05, 0.1) is 0 Å². The van der Waals surface area contributed by atoms with Gasteiger partial charge >= 0.3 is 0 Å². The average molecular weight is 343 g/mol. The van der Waals surface area contributed by atoms with Crippen LogP contribution in [0.2, 0.25) is 0 Å². The molecule has 0 heteroatoms. The molecule has 0 aromatic heterocycles. The Labute approximate surface area is 160 Å². The Bertz CT molecular complexity index is 776. The number of unbranched alkanes of at least 4 members (excludes halogenated alkanes) is 4. The van der Waals surface area contributed by atoms with E-state index in [-0.39, 0.29) is 0 Å². The summed E-state index contributed by atoms with van der Waals surface area (Å²) in [5.74, 6) is 12.4. The highest BCUT2D eigenvalue weighted by Gasteiger charge is 2.02. The van der Waals surface area contributed by atoms with Crippen molar-refractivity contribution < 1.29 is 0 Å². The lowest BCUT2D eigenvalue weighted by Gasteiger charge is -2.08. The molecule has 0 bridgehead atoms. The Hall–Kier alpha value is -2.44. The summed E-state index contributed by atoms with van der Waals surface area (Å²) >= 11 is 0. The second-order valence-corrected chi connectivity index (χ2v) is 6.77. The van der Waals surface area contributed by atoms with E-state index in [9.17, 15) is 0 Å². The van der Waals surface area contributed by atoms with E-state index >= 15 is 0 Å². The second-order valence-electron chi connectivity index (χ2n) is 6.77. The number of hydrogen-bond donors (Lipinski definition) is 0. The molecule has 0 aliphatic rings. The fourth-order valence-corrected chi connectivity index (χ4v) is 2.98. The third-order valence-electron chi connectivity index (χ3n) is 4.53. The maximum absolute atomic E-state index is 3.27. The van der Waals surface area contributed by atoms with Crippen LogP contribution in [0, 0.1) is 23.7 Å². The van der Waals surface area contributed by atoms with Gasteiger partial charge in [-0.25, -0.2) is 0 Å². The van der Waals surface area contributed by atoms with Crippen molar-refractivity contribution in [1.29, 1.82) is 0 Å². The van der Waals surface area contributed by atoms with E-state index in [1.165, 1.54) is 56.1 Å². The van der Waals surface area contributed by atoms with Crippen LogP contribution in [-0.4, -0.2) is 0 Å². The predicted molar refractivity (Wildman–Crippen MR) is 113 cm³/mol. The van der Waals surface area contributed by atoms with Crippen molar-refractivity contribution in [3.63, 3.8) is 0 Å². The highest BCUT2D eigenvalue weighted by atomic mass is 14.1. The summed E-state index contributed by atoms with van der Waals surface area (Å²) in [4.78, 5) is 0. The standard InChI is InChI=1S/C26H30/c1-3-5-7-9-17-24-20-21-25(26(22-24)18-6-4-2)19-13-12-16-23-14-10-8-11-15-23/h8,10-11,14-15,20-22H,3-7,9,17-18H2,1-2H3. The molecule has 0 aliphatic carbocycles. The van der Waals surface area contributed by atoms with Crippen LogP contribution in [0.4, 0.5) is 0 Å². The summed E-state index contributed by atoms with van der Waals surface area (Å²) in [7, 11) is 0. The number of aryl methyl sites for hydroxylation is 2. The molecule has 134 valence electrons. The summed E-state index contributed by atoms with van der Waals surface area (Å²) in [5.41, 5.74) is 4.98. The molecule has 0 radical (unpaired) electrons. The molecule has 0 saturated carbocycles. The Morgan fingerprint density at radius 3 is 2.23 bits per heavy atom. The molecule has 2 aromatic carbocycles. The van der Waals surface area contributed by atoms with Crippen molar-refractivity contribution >= 4 is 0 Å². The first-order chi connectivity index (χ1) is 12.8. The zero-order valence-corrected chi connectivity index (χ0v) is 16.3. The fourth-order valence-electron chi connectivity index (χ4n) is 2.98. The molecule has 0 atom stereocenters. The predicted octanol–water partition coefficient (Wildman–Crippen LogP) is 6.56. The van der Waals surface area contributed by atoms with Gasteiger partial charge in [0.25, 0.3) is 0 Å². The summed E-state index contributed by atoms with van der Waals surface area (Å²) in [6, 6.07) is 16.8. The molecule has 2 rings (SSSR count). The van der Waals surface area contributed by atoms with Crippen molar-refractivity contribution in [2.75, 3.05) is 0 Å². The number of benzene rings is 2. The normalized spacial score (nSPS) is 9.77. The SMILES string of the molecule is CCCCCCc1ccc(C#CC#Cc2ccccc2)c(CCCC)c1. The molecular weight excluding hydrogens is 312 g/mol. The lowest BCUT2D eigenvalue weighted by atomic mass is 9.97. The topological polar surface area (TPSA) is 0 Å². The van der Waals surface area contributed by atoms with Gasteiger partial charge in [-0.3, -0.25) is 0 Å². The van der Waals surface area contributed by atoms with E-state index in [0.29, 0.717) is 0 Å². The molecule has 0 unspecified atom stereocenters. The molecule has 0 heterocycles. The monoisotopic (exact) mass is 342 g/mol. The van der Waals surface area contributed by atoms with Gasteiger partial charge in [-0.15, -0.1) is 0 Å². The molecule has 0 fully saturated rings. The highest BCUT2D eigenvalue weighted by Crippen LogP contribution is 2.16. The van der Waals surface area contributed by atoms with Crippen molar-refractivity contribution in [3.8, 4) is 23.7 Å². The Kier molecular flexibility index (Phi) is 9.18. The maximum atomic E-state index is 3.27. The Balaban J connectivity index is 2.09. The second kappa shape index (κ2) is 12.0. The van der Waals surface area contributed by atoms with Gasteiger partial charge in [0.2, 0.25) is 0 Å². The minimum atomic E-state index is 1.01. The van der Waals surface area contributed by atoms with E-state index < -0.39 is 0 Å². The fraction of sp³-hybridized carbons (Fsp3) is 0.385. The summed E-state index contributed by atoms with van der Waals surface area (Å²) in [6.07, 6.45) is 9.96. The van der Waals surface area contributed by atoms with Crippen LogP contribution < -0.4 is 0 Å². The van der Waals surface area contributed by atoms with Gasteiger partial charge < -0.3 is 0 Å². The summed E-state index contributed by atoms with van der Waals surface area (Å²) < 4.78 is 0. The van der Waals surface area contributed by atoms with E-state index in [1.54, 1.807) is 0 Å². The molecule has 0 spiro atoms. The molecule has 0 nitrogen and oxygen atoms in total. The lowest BCUT2D eigenvalue weighted by molar-refractivity contribution is 0.666. The molecule has 26 heavy (non-hydrogen) atoms. The minimum Gasteiger partial charge on any atom is -0.0654 e. The van der Waals surface area contributed by atoms with Gasteiger partial charge in [0.15, 0.2) is 0 Å². The van der Waals surface area contributed by atoms with E-state index in [4.69, 9.17) is 0 Å². The Morgan fingerprint density at radius 1 is 0.692 bits per heavy atom. The van der Waals surface area contributed by atoms with Gasteiger partial charge in [0, 0.05) is 11.1 Å². The van der Waals surface area contributed by atoms with Crippen molar-refractivity contribution in [2.45, 2.75) is 65.2 Å². The first kappa shape index (κ1) is 19.9. The molecule has 0 aliphatic heterocycles. The molecule has 2 aromatic rings. The third-order valence-corrected chi connectivity index (χ3v) is 4.53. The van der Waals surface area contributed by atoms with Crippen molar-refractivity contribution in [1.82, 2.24) is 0 Å². The van der Waals surface area contributed by atoms with E-state index in [2.05, 4.69) is 55.7 Å². The van der Waals surface area contributed by atoms with Crippen LogP contribution >= 0.6 is 0 Å². The molecule has 0 amide bonds. The molecule has 0 saturated heterocycles. The van der Waals surface area contributed by atoms with Crippen LogP contribution in [0.3, 0.4) is 0 Å². The maximum Gasteiger partial charge on any atom is 0.0287 e. The third kappa shape index (κ3) is 7.21. The molecule has 0 N–H and O–H groups in total. The van der Waals surface area contributed by atoms with Gasteiger partial charge in [-0.2, -0.15) is 0 Å². The lowest BCUT2D eigenvalue weighted by Crippen LogP contribution is -1.94. The number of hydrogen-bond acceptors (Lipinski definition) is 0. The van der Waals surface area contributed by atoms with Crippen LogP contribution in [0.5, 0.6) is 0 Å². The van der Waals surface area contributed by atoms with E-state index in [0.717, 1.165) is 17.5 Å². The quantitative estimate of drug-likeness (QED) is 0.377. The minimum absolute atomic E-state index is 1.01. The highest BCUT2D eigenvalue weighted by molar-refractivity contribution is 5.48. The van der Waals surface area contributed by atoms with Crippen LogP contribution in [0.15, 0.2) is 48.5 Å². The average Bonchev–Trinajstić information content (AvgIpc) is 2.68. The van der Waals surface area contributed by atoms with Crippen LogP contribution in [0.25, 0.3) is 0 Å². The molecular formula is C26H30. The Morgan fingerprint density at radius 2 is 1.46 bits per heavy atom. The van der Waals surface area contributed by atoms with Crippen molar-refractivity contribution in [3.05, 3.63) is 70.8 Å². The number of rotatable bonds is 8. The largest absolute Gasteiger partial charge is 0.0654 e. The van der Waals surface area contributed by atoms with E-state index in [1.807, 2.05) is 30.3 Å². The first-order valence-electron chi connectivity index (χ1n) is 10.0. The van der Waals surface area contributed by atoms with Gasteiger partial charge in [-0.05, 0) is 66.9 Å². The van der Waals surface area contributed by atoms with Crippen LogP contribution in [0.1, 0.15) is 74.6 Å². The summed E-state index contributed by atoms with van der Waals surface area (Å²) in [5, 5.41) is 0. The first-order valence-corrected chi connectivity index (χ1v) is 10.0. The van der Waals surface area contributed by atoms with Crippen molar-refractivity contribution in [2.24, 2.45) is 0 Å². The summed E-state index contributed by atoms with van der Waals surface area (Å²) in [6.45, 7) is 4.50. The van der Waals surface area contributed by atoms with Gasteiger partial charge in [0.1, 0.15) is 0 Å². The zero-order valence-electron chi connectivity index (χ0n) is 16.3. The van der Waals surface area contributed by atoms with Gasteiger partial charge in [-0.1, -0.05) is 81.7 Å². The smallest absolute Gasteiger partial charge is 0.0287 e.